The van der Waals surface area contributed by atoms with Crippen LogP contribution in [0.2, 0.25) is 0 Å². The average molecular weight is 265 g/mol. The van der Waals surface area contributed by atoms with Crippen molar-refractivity contribution in [2.24, 2.45) is 5.92 Å². The SMILES string of the molecule is CCc1ccc(CN2CC[C@H](C)C[C@@H]2C(=O)OC)o1. The molecule has 1 aliphatic heterocycles. The third kappa shape index (κ3) is 3.38. The van der Waals surface area contributed by atoms with Crippen molar-refractivity contribution < 1.29 is 13.9 Å². The van der Waals surface area contributed by atoms with Crippen LogP contribution in [0.5, 0.6) is 0 Å². The quantitative estimate of drug-likeness (QED) is 0.785. The number of rotatable bonds is 4. The third-order valence-corrected chi connectivity index (χ3v) is 3.87. The lowest BCUT2D eigenvalue weighted by molar-refractivity contribution is -0.149. The number of aryl methyl sites for hydroxylation is 1. The molecule has 4 heteroatoms. The minimum atomic E-state index is -0.135. The van der Waals surface area contributed by atoms with E-state index in [-0.39, 0.29) is 12.0 Å². The van der Waals surface area contributed by atoms with E-state index in [1.165, 1.54) is 7.11 Å². The molecule has 106 valence electrons. The molecule has 0 saturated carbocycles. The summed E-state index contributed by atoms with van der Waals surface area (Å²) in [6.45, 7) is 5.87. The molecule has 1 aliphatic rings. The lowest BCUT2D eigenvalue weighted by Crippen LogP contribution is -2.46. The Hall–Kier alpha value is -1.29. The van der Waals surface area contributed by atoms with Gasteiger partial charge in [0.1, 0.15) is 17.6 Å². The monoisotopic (exact) mass is 265 g/mol. The van der Waals surface area contributed by atoms with Crippen LogP contribution < -0.4 is 0 Å². The summed E-state index contributed by atoms with van der Waals surface area (Å²) in [7, 11) is 1.46. The van der Waals surface area contributed by atoms with Crippen LogP contribution in [0.1, 0.15) is 38.2 Å². The van der Waals surface area contributed by atoms with Crippen LogP contribution in [0, 0.1) is 5.92 Å². The largest absolute Gasteiger partial charge is 0.468 e. The normalized spacial score (nSPS) is 24.4. The lowest BCUT2D eigenvalue weighted by atomic mass is 9.92. The van der Waals surface area contributed by atoms with Gasteiger partial charge in [-0.05, 0) is 37.4 Å². The summed E-state index contributed by atoms with van der Waals surface area (Å²) >= 11 is 0. The topological polar surface area (TPSA) is 42.7 Å². The van der Waals surface area contributed by atoms with Crippen LogP contribution in [0.3, 0.4) is 0 Å². The first-order chi connectivity index (χ1) is 9.13. The number of methoxy groups -OCH3 is 1. The Morgan fingerprint density at radius 2 is 2.21 bits per heavy atom. The fourth-order valence-electron chi connectivity index (χ4n) is 2.66. The standard InChI is InChI=1S/C15H23NO3/c1-4-12-5-6-13(19-12)10-16-8-7-11(2)9-14(16)15(17)18-3/h5-6,11,14H,4,7-10H2,1-3H3/t11-,14+/m0/s1. The van der Waals surface area contributed by atoms with Crippen molar-refractivity contribution in [3.63, 3.8) is 0 Å². The highest BCUT2D eigenvalue weighted by atomic mass is 16.5. The van der Waals surface area contributed by atoms with E-state index in [0.29, 0.717) is 12.5 Å². The van der Waals surface area contributed by atoms with E-state index in [1.54, 1.807) is 0 Å². The van der Waals surface area contributed by atoms with Crippen molar-refractivity contribution in [3.05, 3.63) is 23.7 Å². The summed E-state index contributed by atoms with van der Waals surface area (Å²) in [6, 6.07) is 3.88. The molecule has 4 nitrogen and oxygen atoms in total. The predicted molar refractivity (Wildman–Crippen MR) is 72.7 cm³/mol. The summed E-state index contributed by atoms with van der Waals surface area (Å²) in [4.78, 5) is 14.1. The van der Waals surface area contributed by atoms with Crippen LogP contribution in [-0.4, -0.2) is 30.6 Å². The molecule has 0 bridgehead atoms. The van der Waals surface area contributed by atoms with Crippen LogP contribution >= 0.6 is 0 Å². The van der Waals surface area contributed by atoms with E-state index in [9.17, 15) is 4.79 Å². The van der Waals surface area contributed by atoms with Crippen molar-refractivity contribution in [2.75, 3.05) is 13.7 Å². The summed E-state index contributed by atoms with van der Waals surface area (Å²) in [5.74, 6) is 2.37. The minimum absolute atomic E-state index is 0.131. The molecule has 0 unspecified atom stereocenters. The summed E-state index contributed by atoms with van der Waals surface area (Å²) < 4.78 is 10.7. The predicted octanol–water partition coefficient (Wildman–Crippen LogP) is 2.62. The fraction of sp³-hybridized carbons (Fsp3) is 0.667. The Labute approximate surface area is 114 Å². The molecule has 0 radical (unpaired) electrons. The van der Waals surface area contributed by atoms with Crippen LogP contribution in [0.25, 0.3) is 0 Å². The maximum absolute atomic E-state index is 11.9. The zero-order valence-electron chi connectivity index (χ0n) is 12.0. The smallest absolute Gasteiger partial charge is 0.323 e. The fourth-order valence-corrected chi connectivity index (χ4v) is 2.66. The molecule has 0 spiro atoms. The number of esters is 1. The highest BCUT2D eigenvalue weighted by molar-refractivity contribution is 5.75. The number of carbonyl (C=O) groups excluding carboxylic acids is 1. The van der Waals surface area contributed by atoms with Crippen molar-refractivity contribution in [1.82, 2.24) is 4.90 Å². The molecule has 0 aliphatic carbocycles. The molecule has 2 atom stereocenters. The Kier molecular flexibility index (Phi) is 4.64. The summed E-state index contributed by atoms with van der Waals surface area (Å²) in [6.07, 6.45) is 2.89. The maximum atomic E-state index is 11.9. The number of furan rings is 1. The number of hydrogen-bond donors (Lipinski definition) is 0. The number of hydrogen-bond acceptors (Lipinski definition) is 4. The van der Waals surface area contributed by atoms with Gasteiger partial charge in [0.05, 0.1) is 13.7 Å². The molecule has 1 saturated heterocycles. The van der Waals surface area contributed by atoms with Crippen molar-refractivity contribution in [1.29, 1.82) is 0 Å². The zero-order valence-corrected chi connectivity index (χ0v) is 12.0. The first-order valence-corrected chi connectivity index (χ1v) is 7.03. The van der Waals surface area contributed by atoms with Crippen LogP contribution in [0.15, 0.2) is 16.5 Å². The molecule has 1 aromatic heterocycles. The zero-order chi connectivity index (χ0) is 13.8. The Bertz CT molecular complexity index is 427. The highest BCUT2D eigenvalue weighted by Crippen LogP contribution is 2.25. The van der Waals surface area contributed by atoms with Gasteiger partial charge in [0, 0.05) is 6.42 Å². The highest BCUT2D eigenvalue weighted by Gasteiger charge is 2.32. The maximum Gasteiger partial charge on any atom is 0.323 e. The molecule has 1 fully saturated rings. The third-order valence-electron chi connectivity index (χ3n) is 3.87. The second-order valence-electron chi connectivity index (χ2n) is 5.36. The van der Waals surface area contributed by atoms with Crippen LogP contribution in [0.4, 0.5) is 0 Å². The van der Waals surface area contributed by atoms with Crippen molar-refractivity contribution in [2.45, 2.75) is 45.7 Å². The molecular formula is C15H23NO3. The second kappa shape index (κ2) is 6.24. The van der Waals surface area contributed by atoms with Gasteiger partial charge in [0.25, 0.3) is 0 Å². The lowest BCUT2D eigenvalue weighted by Gasteiger charge is -2.36. The van der Waals surface area contributed by atoms with Gasteiger partial charge in [-0.15, -0.1) is 0 Å². The molecule has 0 amide bonds. The number of likely N-dealkylation sites (tertiary alicyclic amines) is 1. The first kappa shape index (κ1) is 14.1. The van der Waals surface area contributed by atoms with Gasteiger partial charge < -0.3 is 9.15 Å². The minimum Gasteiger partial charge on any atom is -0.468 e. The van der Waals surface area contributed by atoms with E-state index in [1.807, 2.05) is 12.1 Å². The molecular weight excluding hydrogens is 242 g/mol. The van der Waals surface area contributed by atoms with Gasteiger partial charge in [-0.3, -0.25) is 9.69 Å². The van der Waals surface area contributed by atoms with E-state index >= 15 is 0 Å². The average Bonchev–Trinajstić information content (AvgIpc) is 2.87. The van der Waals surface area contributed by atoms with E-state index in [0.717, 1.165) is 37.3 Å². The van der Waals surface area contributed by atoms with Gasteiger partial charge in [-0.1, -0.05) is 13.8 Å². The molecule has 2 heterocycles. The van der Waals surface area contributed by atoms with Gasteiger partial charge in [0.15, 0.2) is 0 Å². The Balaban J connectivity index is 2.05. The summed E-state index contributed by atoms with van der Waals surface area (Å²) in [5.41, 5.74) is 0. The van der Waals surface area contributed by atoms with Gasteiger partial charge in [-0.25, -0.2) is 0 Å². The molecule has 0 N–H and O–H groups in total. The van der Waals surface area contributed by atoms with E-state index in [2.05, 4.69) is 18.7 Å². The Morgan fingerprint density at radius 3 is 2.84 bits per heavy atom. The van der Waals surface area contributed by atoms with Crippen molar-refractivity contribution in [3.8, 4) is 0 Å². The van der Waals surface area contributed by atoms with Crippen molar-refractivity contribution >= 4 is 5.97 Å². The number of nitrogens with zero attached hydrogens (tertiary/aromatic N) is 1. The molecule has 2 rings (SSSR count). The molecule has 0 aromatic carbocycles. The molecule has 19 heavy (non-hydrogen) atoms. The molecule has 1 aromatic rings. The Morgan fingerprint density at radius 1 is 1.47 bits per heavy atom. The number of ether oxygens (including phenoxy) is 1. The van der Waals surface area contributed by atoms with Gasteiger partial charge >= 0.3 is 5.97 Å². The van der Waals surface area contributed by atoms with Gasteiger partial charge in [-0.2, -0.15) is 0 Å². The van der Waals surface area contributed by atoms with Gasteiger partial charge in [0.2, 0.25) is 0 Å². The summed E-state index contributed by atoms with van der Waals surface area (Å²) in [5, 5.41) is 0. The number of carbonyl (C=O) groups is 1. The first-order valence-electron chi connectivity index (χ1n) is 7.03. The van der Waals surface area contributed by atoms with E-state index < -0.39 is 0 Å². The van der Waals surface area contributed by atoms with Crippen LogP contribution in [-0.2, 0) is 22.5 Å². The number of piperidine rings is 1. The van der Waals surface area contributed by atoms with E-state index in [4.69, 9.17) is 9.15 Å². The second-order valence-corrected chi connectivity index (χ2v) is 5.36.